The fourth-order valence-corrected chi connectivity index (χ4v) is 7.36. The minimum absolute atomic E-state index is 0.0138. The molecule has 0 N–H and O–H groups in total. The van der Waals surface area contributed by atoms with Crippen LogP contribution in [0.2, 0.25) is 0 Å². The van der Waals surface area contributed by atoms with Crippen LogP contribution < -0.4 is 15.9 Å². The van der Waals surface area contributed by atoms with Gasteiger partial charge in [0, 0.05) is 10.9 Å². The Kier molecular flexibility index (Phi) is 16.7. The van der Waals surface area contributed by atoms with Gasteiger partial charge in [-0.15, -0.1) is 0 Å². The molecule has 4 aromatic carbocycles. The predicted molar refractivity (Wildman–Crippen MR) is 176 cm³/mol. The average Bonchev–Trinajstić information content (AvgIpc) is 3.27. The quantitative estimate of drug-likeness (QED) is 0.0473. The van der Waals surface area contributed by atoms with Gasteiger partial charge in [-0.05, 0) is 54.5 Å². The third kappa shape index (κ3) is 11.1. The summed E-state index contributed by atoms with van der Waals surface area (Å²) >= 11 is 2.02. The molecule has 0 unspecified atom stereocenters. The van der Waals surface area contributed by atoms with E-state index in [1.807, 2.05) is 99.6 Å². The molecule has 0 amide bonds. The van der Waals surface area contributed by atoms with Gasteiger partial charge in [0.25, 0.3) is 0 Å². The number of para-hydroxylation sites is 1. The van der Waals surface area contributed by atoms with E-state index >= 15 is 8.78 Å². The van der Waals surface area contributed by atoms with E-state index < -0.39 is 38.4 Å². The van der Waals surface area contributed by atoms with Gasteiger partial charge in [0.2, 0.25) is 0 Å². The second-order valence-electron chi connectivity index (χ2n) is 10.2. The number of halogens is 9. The van der Waals surface area contributed by atoms with E-state index in [2.05, 4.69) is 14.5 Å². The first kappa shape index (κ1) is 41.4. The summed E-state index contributed by atoms with van der Waals surface area (Å²) in [6, 6.07) is 27.3. The van der Waals surface area contributed by atoms with Crippen LogP contribution in [0.4, 0.5) is 40.5 Å². The summed E-state index contributed by atoms with van der Waals surface area (Å²) in [4.78, 5) is 3.22. The molecule has 0 heterocycles. The summed E-state index contributed by atoms with van der Waals surface area (Å²) in [7, 11) is -3.14. The van der Waals surface area contributed by atoms with E-state index in [0.29, 0.717) is 5.69 Å². The van der Waals surface area contributed by atoms with E-state index in [1.165, 1.54) is 0 Å². The fraction of sp³-hybridized carbons (Fsp3) is 0.143. The Balaban J connectivity index is 0.000000443. The maximum atomic E-state index is 15.5. The van der Waals surface area contributed by atoms with Crippen molar-refractivity contribution in [1.29, 1.82) is 0 Å². The maximum absolute atomic E-state index is 15.5. The molecular weight excluding hydrogens is 767 g/mol. The Morgan fingerprint density at radius 1 is 0.604 bits per heavy atom. The average molecular weight is 796 g/mol. The molecule has 1 aliphatic rings. The van der Waals surface area contributed by atoms with Crippen molar-refractivity contribution < 1.29 is 52.1 Å². The molecule has 0 spiro atoms. The summed E-state index contributed by atoms with van der Waals surface area (Å²) < 4.78 is 99.0. The van der Waals surface area contributed by atoms with E-state index in [9.17, 15) is 26.0 Å². The monoisotopic (exact) mass is 795 g/mol. The molecule has 4 aromatic rings. The van der Waals surface area contributed by atoms with Crippen molar-refractivity contribution in [3.05, 3.63) is 161 Å². The van der Waals surface area contributed by atoms with Crippen LogP contribution in [0.5, 0.6) is 0 Å². The van der Waals surface area contributed by atoms with Crippen LogP contribution in [0.3, 0.4) is 0 Å². The SMILES string of the molecule is C[C]1[C](C)[C](C)[C](Cc2c(F)c(F)c(F)c(F)c2P(c2ccccc2)c2ccccc2)[C]1C.F[B-](F)(F)F.[C-]#[N+]c1ccccc1.[Cl][Rh+2]. The number of rotatable bonds is 5. The summed E-state index contributed by atoms with van der Waals surface area (Å²) in [5.74, 6) is -1.29. The third-order valence-electron chi connectivity index (χ3n) is 7.42. The number of nitrogens with zero attached hydrogens (tertiary/aromatic N) is 1. The zero-order chi connectivity index (χ0) is 36.2. The zero-order valence-corrected chi connectivity index (χ0v) is 29.4. The molecule has 48 heavy (non-hydrogen) atoms. The number of hydrogen-bond donors (Lipinski definition) is 0. The Labute approximate surface area is 292 Å². The molecule has 1 saturated carbocycles. The number of hydrogen-bond acceptors (Lipinski definition) is 0. The van der Waals surface area contributed by atoms with Crippen molar-refractivity contribution in [1.82, 2.24) is 0 Å². The van der Waals surface area contributed by atoms with Gasteiger partial charge in [0.05, 0.1) is 6.57 Å². The van der Waals surface area contributed by atoms with E-state index in [4.69, 9.17) is 6.57 Å². The third-order valence-corrected chi connectivity index (χ3v) is 9.96. The second-order valence-corrected chi connectivity index (χ2v) is 12.3. The summed E-state index contributed by atoms with van der Waals surface area (Å²) in [6.45, 7) is 14.4. The van der Waals surface area contributed by atoms with Gasteiger partial charge in [0.15, 0.2) is 29.0 Å². The summed E-state index contributed by atoms with van der Waals surface area (Å²) in [5.41, 5.74) is 0.578. The molecule has 0 atom stereocenters. The zero-order valence-electron chi connectivity index (χ0n) is 26.1. The molecular formula is C35H29BClF8NPRh+. The van der Waals surface area contributed by atoms with Crippen LogP contribution in [0.1, 0.15) is 33.3 Å². The molecule has 0 bridgehead atoms. The van der Waals surface area contributed by atoms with Crippen LogP contribution in [-0.2, 0) is 23.7 Å². The van der Waals surface area contributed by atoms with Gasteiger partial charge in [-0.3, -0.25) is 0 Å². The molecule has 5 radical (unpaired) electrons. The van der Waals surface area contributed by atoms with Crippen molar-refractivity contribution in [2.75, 3.05) is 0 Å². The number of benzene rings is 4. The van der Waals surface area contributed by atoms with Crippen molar-refractivity contribution >= 4 is 46.5 Å². The van der Waals surface area contributed by atoms with Gasteiger partial charge >= 0.3 is 34.3 Å². The molecule has 5 rings (SSSR count). The van der Waals surface area contributed by atoms with Crippen LogP contribution in [0.15, 0.2) is 91.0 Å². The standard InChI is InChI=1S/C28H24F4P.C7H5N.BF4.ClH.Rh/c1-16-17(2)19(4)22(18(16)3)15-23-24(29)25(30)26(31)27(32)28(23)33(20-11-7-5-8-12-20)21-13-9-6-10-14-21;1-8-7-5-3-2-4-6-7;2-1(3,4)5;;/h5-14H,15H2,1-4H3;2-6H;;1H;/q;;-1;;+3/p-1. The van der Waals surface area contributed by atoms with Crippen molar-refractivity contribution in [2.45, 2.75) is 34.1 Å². The molecule has 1 nitrogen and oxygen atoms in total. The summed E-state index contributed by atoms with van der Waals surface area (Å²) in [6.07, 6.45) is -0.0138. The van der Waals surface area contributed by atoms with Crippen LogP contribution in [0.25, 0.3) is 4.85 Å². The first-order valence-corrected chi connectivity index (χ1v) is 17.5. The van der Waals surface area contributed by atoms with Crippen LogP contribution >= 0.6 is 17.6 Å². The summed E-state index contributed by atoms with van der Waals surface area (Å²) in [5, 5.41) is 1.36. The topological polar surface area (TPSA) is 4.36 Å². The van der Waals surface area contributed by atoms with E-state index in [0.717, 1.165) is 40.2 Å². The predicted octanol–water partition coefficient (Wildman–Crippen LogP) is 10.7. The van der Waals surface area contributed by atoms with Crippen LogP contribution in [0, 0.1) is 59.4 Å². The molecule has 253 valence electrons. The van der Waals surface area contributed by atoms with Crippen molar-refractivity contribution in [2.24, 2.45) is 0 Å². The molecule has 1 fully saturated rings. The first-order chi connectivity index (χ1) is 22.7. The molecule has 13 heteroatoms. The molecule has 0 saturated heterocycles. The van der Waals surface area contributed by atoms with Gasteiger partial charge in [-0.2, -0.15) is 0 Å². The van der Waals surface area contributed by atoms with Crippen molar-refractivity contribution in [3.63, 3.8) is 0 Å². The minimum atomic E-state index is -6.00. The van der Waals surface area contributed by atoms with Crippen LogP contribution in [-0.4, -0.2) is 7.25 Å². The van der Waals surface area contributed by atoms with E-state index in [-0.39, 0.29) is 17.3 Å². The Morgan fingerprint density at radius 2 is 0.958 bits per heavy atom. The van der Waals surface area contributed by atoms with Gasteiger partial charge in [0.1, 0.15) is 0 Å². The normalized spacial score (nSPS) is 14.3. The van der Waals surface area contributed by atoms with Gasteiger partial charge < -0.3 is 17.3 Å². The first-order valence-electron chi connectivity index (χ1n) is 14.1. The molecule has 0 aliphatic heterocycles. The Morgan fingerprint density at radius 3 is 1.31 bits per heavy atom. The Hall–Kier alpha value is -2.78. The van der Waals surface area contributed by atoms with Gasteiger partial charge in [-0.25, -0.2) is 22.4 Å². The second kappa shape index (κ2) is 19.4. The fourth-order valence-electron chi connectivity index (χ4n) is 4.86. The van der Waals surface area contributed by atoms with Crippen molar-refractivity contribution in [3.8, 4) is 0 Å². The molecule has 0 aromatic heterocycles. The van der Waals surface area contributed by atoms with Gasteiger partial charge in [-0.1, -0.05) is 119 Å². The molecule has 1 aliphatic carbocycles. The Bertz CT molecular complexity index is 1550. The van der Waals surface area contributed by atoms with E-state index in [1.54, 1.807) is 36.4 Å².